The summed E-state index contributed by atoms with van der Waals surface area (Å²) in [6.45, 7) is 0.630. The first kappa shape index (κ1) is 13.2. The minimum Gasteiger partial charge on any atom is -0.464 e. The van der Waals surface area contributed by atoms with E-state index in [0.717, 1.165) is 0 Å². The third-order valence-electron chi connectivity index (χ3n) is 2.95. The van der Waals surface area contributed by atoms with E-state index in [2.05, 4.69) is 10.1 Å². The Balaban J connectivity index is 3.07. The molecular formula is C9H13F4NO2. The number of hydrogen-bond acceptors (Lipinski definition) is 3. The van der Waals surface area contributed by atoms with Gasteiger partial charge >= 0.3 is 12.1 Å². The molecule has 0 radical (unpaired) electrons. The lowest BCUT2D eigenvalue weighted by Crippen LogP contribution is -2.56. The predicted molar refractivity (Wildman–Crippen MR) is 47.5 cm³/mol. The molecule has 2 unspecified atom stereocenters. The van der Waals surface area contributed by atoms with Crippen LogP contribution in [0.3, 0.4) is 0 Å². The van der Waals surface area contributed by atoms with Crippen LogP contribution in [0.25, 0.3) is 0 Å². The fourth-order valence-electron chi connectivity index (χ4n) is 1.69. The van der Waals surface area contributed by atoms with E-state index in [9.17, 15) is 22.4 Å². The van der Waals surface area contributed by atoms with Gasteiger partial charge in [0, 0.05) is 13.1 Å². The van der Waals surface area contributed by atoms with Gasteiger partial charge in [0.2, 0.25) is 5.67 Å². The molecule has 0 amide bonds. The zero-order valence-electron chi connectivity index (χ0n) is 8.95. The van der Waals surface area contributed by atoms with Gasteiger partial charge in [-0.1, -0.05) is 0 Å². The van der Waals surface area contributed by atoms with Gasteiger partial charge in [-0.25, -0.2) is 9.18 Å². The van der Waals surface area contributed by atoms with E-state index in [4.69, 9.17) is 0 Å². The molecule has 16 heavy (non-hydrogen) atoms. The Bertz CT molecular complexity index is 294. The molecule has 3 nitrogen and oxygen atoms in total. The summed E-state index contributed by atoms with van der Waals surface area (Å²) in [5, 5.41) is 2.25. The molecule has 1 rings (SSSR count). The van der Waals surface area contributed by atoms with Crippen molar-refractivity contribution in [1.29, 1.82) is 0 Å². The highest BCUT2D eigenvalue weighted by atomic mass is 19.4. The molecule has 0 aliphatic carbocycles. The van der Waals surface area contributed by atoms with Crippen molar-refractivity contribution in [2.75, 3.05) is 19.7 Å². The molecule has 7 heteroatoms. The molecule has 0 saturated carbocycles. The van der Waals surface area contributed by atoms with E-state index in [1.807, 2.05) is 0 Å². The second-order valence-corrected chi connectivity index (χ2v) is 3.96. The number of ether oxygens (including phenoxy) is 1. The highest BCUT2D eigenvalue weighted by molar-refractivity contribution is 5.82. The number of rotatable bonds is 2. The van der Waals surface area contributed by atoms with Crippen molar-refractivity contribution < 1.29 is 27.1 Å². The first-order valence-corrected chi connectivity index (χ1v) is 4.82. The Kier molecular flexibility index (Phi) is 3.20. The van der Waals surface area contributed by atoms with Crippen LogP contribution < -0.4 is 5.32 Å². The summed E-state index contributed by atoms with van der Waals surface area (Å²) in [6.07, 6.45) is -4.81. The van der Waals surface area contributed by atoms with E-state index >= 15 is 0 Å². The standard InChI is InChI=1S/C9H13F4NO2/c1-3-16-6(15)8(10)5-14-4-7(8,2)9(11,12)13/h14H,3-5H2,1-2H3. The minimum atomic E-state index is -4.81. The van der Waals surface area contributed by atoms with E-state index in [0.29, 0.717) is 6.92 Å². The maximum atomic E-state index is 14.2. The molecule has 0 spiro atoms. The quantitative estimate of drug-likeness (QED) is 0.589. The van der Waals surface area contributed by atoms with Gasteiger partial charge in [0.05, 0.1) is 6.61 Å². The van der Waals surface area contributed by atoms with Gasteiger partial charge in [0.25, 0.3) is 0 Å². The van der Waals surface area contributed by atoms with Crippen molar-refractivity contribution in [3.05, 3.63) is 0 Å². The molecule has 0 aromatic rings. The van der Waals surface area contributed by atoms with Crippen LogP contribution in [0.1, 0.15) is 13.8 Å². The maximum absolute atomic E-state index is 14.2. The second kappa shape index (κ2) is 3.87. The normalized spacial score (nSPS) is 35.1. The van der Waals surface area contributed by atoms with E-state index < -0.39 is 36.3 Å². The topological polar surface area (TPSA) is 38.3 Å². The lowest BCUT2D eigenvalue weighted by molar-refractivity contribution is -0.249. The molecule has 94 valence electrons. The second-order valence-electron chi connectivity index (χ2n) is 3.96. The number of nitrogens with one attached hydrogen (secondary N) is 1. The van der Waals surface area contributed by atoms with Gasteiger partial charge in [-0.05, 0) is 13.8 Å². The van der Waals surface area contributed by atoms with Gasteiger partial charge in [-0.3, -0.25) is 0 Å². The maximum Gasteiger partial charge on any atom is 0.399 e. The number of carbonyl (C=O) groups excluding carboxylic acids is 1. The third kappa shape index (κ3) is 1.66. The molecule has 1 saturated heterocycles. The van der Waals surface area contributed by atoms with Gasteiger partial charge < -0.3 is 10.1 Å². The Morgan fingerprint density at radius 2 is 2.00 bits per heavy atom. The summed E-state index contributed by atoms with van der Waals surface area (Å²) in [6, 6.07) is 0. The van der Waals surface area contributed by atoms with Crippen molar-refractivity contribution >= 4 is 5.97 Å². The Labute approximate surface area is 90.1 Å². The molecule has 1 N–H and O–H groups in total. The smallest absolute Gasteiger partial charge is 0.399 e. The fourth-order valence-corrected chi connectivity index (χ4v) is 1.69. The lowest BCUT2D eigenvalue weighted by atomic mass is 9.76. The number of hydrogen-bond donors (Lipinski definition) is 1. The highest BCUT2D eigenvalue weighted by Crippen LogP contribution is 2.50. The molecule has 1 heterocycles. The molecule has 0 bridgehead atoms. The average molecular weight is 243 g/mol. The van der Waals surface area contributed by atoms with E-state index in [1.54, 1.807) is 0 Å². The van der Waals surface area contributed by atoms with Gasteiger partial charge in [0.1, 0.15) is 5.41 Å². The van der Waals surface area contributed by atoms with Crippen LogP contribution in [0.2, 0.25) is 0 Å². The first-order chi connectivity index (χ1) is 7.19. The van der Waals surface area contributed by atoms with Crippen LogP contribution in [0.4, 0.5) is 17.6 Å². The summed E-state index contributed by atoms with van der Waals surface area (Å²) < 4.78 is 56.8. The molecule has 1 fully saturated rings. The predicted octanol–water partition coefficient (Wildman–Crippen LogP) is 1.43. The van der Waals surface area contributed by atoms with Crippen molar-refractivity contribution in [2.45, 2.75) is 25.7 Å². The van der Waals surface area contributed by atoms with Crippen LogP contribution in [0.5, 0.6) is 0 Å². The largest absolute Gasteiger partial charge is 0.464 e. The van der Waals surface area contributed by atoms with Crippen molar-refractivity contribution in [2.24, 2.45) is 5.41 Å². The van der Waals surface area contributed by atoms with Crippen LogP contribution in [-0.2, 0) is 9.53 Å². The summed E-state index contributed by atoms with van der Waals surface area (Å²) in [5.74, 6) is -1.46. The summed E-state index contributed by atoms with van der Waals surface area (Å²) >= 11 is 0. The van der Waals surface area contributed by atoms with Crippen LogP contribution in [0, 0.1) is 5.41 Å². The Morgan fingerprint density at radius 3 is 2.44 bits per heavy atom. The number of halogens is 4. The average Bonchev–Trinajstić information content (AvgIpc) is 2.45. The zero-order valence-corrected chi connectivity index (χ0v) is 8.95. The van der Waals surface area contributed by atoms with Crippen LogP contribution in [-0.4, -0.2) is 37.5 Å². The molecule has 0 aromatic carbocycles. The fraction of sp³-hybridized carbons (Fsp3) is 0.889. The lowest BCUT2D eigenvalue weighted by Gasteiger charge is -2.35. The third-order valence-corrected chi connectivity index (χ3v) is 2.95. The Morgan fingerprint density at radius 1 is 1.44 bits per heavy atom. The van der Waals surface area contributed by atoms with Crippen molar-refractivity contribution in [3.63, 3.8) is 0 Å². The monoisotopic (exact) mass is 243 g/mol. The van der Waals surface area contributed by atoms with E-state index in [-0.39, 0.29) is 6.61 Å². The molecule has 1 aliphatic rings. The van der Waals surface area contributed by atoms with Crippen LogP contribution in [0.15, 0.2) is 0 Å². The van der Waals surface area contributed by atoms with Crippen molar-refractivity contribution in [1.82, 2.24) is 5.32 Å². The van der Waals surface area contributed by atoms with Gasteiger partial charge in [-0.15, -0.1) is 0 Å². The SMILES string of the molecule is CCOC(=O)C1(F)CNCC1(C)C(F)(F)F. The van der Waals surface area contributed by atoms with Gasteiger partial charge in [-0.2, -0.15) is 13.2 Å². The number of carbonyl (C=O) groups is 1. The molecule has 1 aliphatic heterocycles. The highest BCUT2D eigenvalue weighted by Gasteiger charge is 2.71. The minimum absolute atomic E-state index is 0.154. The molecule has 2 atom stereocenters. The Hall–Kier alpha value is -0.850. The zero-order chi connectivity index (χ0) is 12.6. The summed E-state index contributed by atoms with van der Waals surface area (Å²) in [4.78, 5) is 11.3. The molecular weight excluding hydrogens is 230 g/mol. The number of alkyl halides is 4. The van der Waals surface area contributed by atoms with Crippen LogP contribution >= 0.6 is 0 Å². The van der Waals surface area contributed by atoms with Crippen molar-refractivity contribution in [3.8, 4) is 0 Å². The van der Waals surface area contributed by atoms with E-state index in [1.165, 1.54) is 6.92 Å². The van der Waals surface area contributed by atoms with Gasteiger partial charge in [0.15, 0.2) is 0 Å². The number of esters is 1. The summed E-state index contributed by atoms with van der Waals surface area (Å²) in [7, 11) is 0. The molecule has 0 aromatic heterocycles. The first-order valence-electron chi connectivity index (χ1n) is 4.82. The summed E-state index contributed by atoms with van der Waals surface area (Å²) in [5.41, 5.74) is -5.80.